The fraction of sp³-hybridized carbons (Fsp3) is 0.529. The maximum atomic E-state index is 12.4. The van der Waals surface area contributed by atoms with Gasteiger partial charge in [-0.2, -0.15) is 4.72 Å². The Hall–Kier alpha value is -1.64. The third-order valence-corrected chi connectivity index (χ3v) is 5.40. The molecular formula is C17H25ClN2O5S. The summed E-state index contributed by atoms with van der Waals surface area (Å²) < 4.78 is 32.2. The number of halogens is 1. The van der Waals surface area contributed by atoms with E-state index in [-0.39, 0.29) is 16.9 Å². The molecule has 9 heteroatoms. The van der Waals surface area contributed by atoms with E-state index >= 15 is 0 Å². The zero-order chi connectivity index (χ0) is 19.9. The Bertz CT molecular complexity index is 719. The van der Waals surface area contributed by atoms with Crippen LogP contribution in [0.15, 0.2) is 29.2 Å². The third-order valence-electron chi connectivity index (χ3n) is 3.69. The van der Waals surface area contributed by atoms with Gasteiger partial charge in [-0.3, -0.25) is 9.59 Å². The Morgan fingerprint density at radius 2 is 1.73 bits per heavy atom. The number of ether oxygens (including phenoxy) is 1. The van der Waals surface area contributed by atoms with Gasteiger partial charge in [0.15, 0.2) is 6.61 Å². The van der Waals surface area contributed by atoms with E-state index in [0.29, 0.717) is 5.02 Å². The molecule has 1 amide bonds. The molecule has 0 saturated carbocycles. The number of sulfonamides is 1. The number of carbonyl (C=O) groups excluding carboxylic acids is 2. The normalized spacial score (nSPS) is 13.9. The number of rotatable bonds is 9. The second kappa shape index (κ2) is 9.89. The maximum Gasteiger partial charge on any atom is 0.324 e. The van der Waals surface area contributed by atoms with E-state index < -0.39 is 34.5 Å². The molecular weight excluding hydrogens is 380 g/mol. The molecule has 0 heterocycles. The summed E-state index contributed by atoms with van der Waals surface area (Å²) in [6.07, 6.45) is 0.745. The molecule has 1 rings (SSSR count). The first-order valence-electron chi connectivity index (χ1n) is 8.30. The van der Waals surface area contributed by atoms with Crippen molar-refractivity contribution in [3.8, 4) is 0 Å². The number of nitrogens with one attached hydrogen (secondary N) is 2. The van der Waals surface area contributed by atoms with Gasteiger partial charge < -0.3 is 10.1 Å². The zero-order valence-corrected chi connectivity index (χ0v) is 16.9. The fourth-order valence-corrected chi connectivity index (χ4v) is 3.41. The second-order valence-corrected chi connectivity index (χ2v) is 8.43. The van der Waals surface area contributed by atoms with Crippen LogP contribution in [0.1, 0.15) is 34.1 Å². The SMILES string of the molecule is CC[C@H](C)NC(=O)COC(=O)[C@@H](NS(=O)(=O)c1ccc(Cl)cc1)C(C)C. The van der Waals surface area contributed by atoms with Crippen molar-refractivity contribution in [2.24, 2.45) is 5.92 Å². The second-order valence-electron chi connectivity index (χ2n) is 6.28. The predicted molar refractivity (Wildman–Crippen MR) is 99.3 cm³/mol. The average molecular weight is 405 g/mol. The summed E-state index contributed by atoms with van der Waals surface area (Å²) >= 11 is 5.76. The highest BCUT2D eigenvalue weighted by Crippen LogP contribution is 2.16. The molecule has 146 valence electrons. The lowest BCUT2D eigenvalue weighted by atomic mass is 10.1. The van der Waals surface area contributed by atoms with Gasteiger partial charge in [0.1, 0.15) is 6.04 Å². The zero-order valence-electron chi connectivity index (χ0n) is 15.3. The average Bonchev–Trinajstić information content (AvgIpc) is 2.57. The molecule has 7 nitrogen and oxygen atoms in total. The Morgan fingerprint density at radius 3 is 2.23 bits per heavy atom. The molecule has 0 saturated heterocycles. The van der Waals surface area contributed by atoms with Crippen LogP contribution in [0.25, 0.3) is 0 Å². The van der Waals surface area contributed by atoms with Crippen molar-refractivity contribution in [1.82, 2.24) is 10.0 Å². The van der Waals surface area contributed by atoms with Crippen LogP contribution in [0.3, 0.4) is 0 Å². The van der Waals surface area contributed by atoms with Crippen LogP contribution in [-0.2, 0) is 24.3 Å². The number of carbonyl (C=O) groups is 2. The lowest BCUT2D eigenvalue weighted by molar-refractivity contribution is -0.151. The molecule has 0 radical (unpaired) electrons. The molecule has 26 heavy (non-hydrogen) atoms. The first kappa shape index (κ1) is 22.4. The van der Waals surface area contributed by atoms with E-state index in [1.807, 2.05) is 13.8 Å². The van der Waals surface area contributed by atoms with Gasteiger partial charge in [-0.15, -0.1) is 0 Å². The Morgan fingerprint density at radius 1 is 1.15 bits per heavy atom. The van der Waals surface area contributed by atoms with E-state index in [0.717, 1.165) is 6.42 Å². The van der Waals surface area contributed by atoms with E-state index in [2.05, 4.69) is 10.0 Å². The smallest absolute Gasteiger partial charge is 0.324 e. The summed E-state index contributed by atoms with van der Waals surface area (Å²) in [6.45, 7) is 6.63. The molecule has 0 unspecified atom stereocenters. The highest BCUT2D eigenvalue weighted by Gasteiger charge is 2.30. The first-order chi connectivity index (χ1) is 12.1. The van der Waals surface area contributed by atoms with Crippen LogP contribution >= 0.6 is 11.6 Å². The van der Waals surface area contributed by atoms with Crippen molar-refractivity contribution in [2.75, 3.05) is 6.61 Å². The number of amides is 1. The number of benzene rings is 1. The molecule has 0 spiro atoms. The highest BCUT2D eigenvalue weighted by atomic mass is 35.5. The molecule has 0 aliphatic carbocycles. The molecule has 0 bridgehead atoms. The van der Waals surface area contributed by atoms with Crippen molar-refractivity contribution in [3.05, 3.63) is 29.3 Å². The van der Waals surface area contributed by atoms with Gasteiger partial charge in [0.25, 0.3) is 5.91 Å². The van der Waals surface area contributed by atoms with Crippen molar-refractivity contribution < 1.29 is 22.7 Å². The van der Waals surface area contributed by atoms with E-state index in [1.165, 1.54) is 24.3 Å². The van der Waals surface area contributed by atoms with Gasteiger partial charge in [0.2, 0.25) is 10.0 Å². The lowest BCUT2D eigenvalue weighted by Crippen LogP contribution is -2.46. The summed E-state index contributed by atoms with van der Waals surface area (Å²) in [5.74, 6) is -1.62. The highest BCUT2D eigenvalue weighted by molar-refractivity contribution is 7.89. The standard InChI is InChI=1S/C17H25ClN2O5S/c1-5-12(4)19-15(21)10-25-17(22)16(11(2)3)20-26(23,24)14-8-6-13(18)7-9-14/h6-9,11-12,16,20H,5,10H2,1-4H3,(H,19,21)/t12-,16-/m0/s1. The van der Waals surface area contributed by atoms with Gasteiger partial charge >= 0.3 is 5.97 Å². The Labute approximate surface area is 159 Å². The van der Waals surface area contributed by atoms with Gasteiger partial charge in [-0.1, -0.05) is 32.4 Å². The minimum atomic E-state index is -3.94. The summed E-state index contributed by atoms with van der Waals surface area (Å²) in [4.78, 5) is 23.9. The minimum absolute atomic E-state index is 0.0186. The molecule has 1 aromatic rings. The van der Waals surface area contributed by atoms with Crippen molar-refractivity contribution in [2.45, 2.75) is 51.1 Å². The lowest BCUT2D eigenvalue weighted by Gasteiger charge is -2.21. The largest absolute Gasteiger partial charge is 0.454 e. The van der Waals surface area contributed by atoms with Crippen LogP contribution < -0.4 is 10.0 Å². The van der Waals surface area contributed by atoms with Crippen LogP contribution in [0.5, 0.6) is 0 Å². The minimum Gasteiger partial charge on any atom is -0.454 e. The summed E-state index contributed by atoms with van der Waals surface area (Å²) in [6, 6.07) is 4.41. The number of hydrogen-bond donors (Lipinski definition) is 2. The molecule has 2 N–H and O–H groups in total. The Balaban J connectivity index is 2.77. The summed E-state index contributed by atoms with van der Waals surface area (Å²) in [7, 11) is -3.94. The monoisotopic (exact) mass is 404 g/mol. The maximum absolute atomic E-state index is 12.4. The molecule has 1 aromatic carbocycles. The van der Waals surface area contributed by atoms with Gasteiger partial charge in [-0.25, -0.2) is 8.42 Å². The molecule has 0 aromatic heterocycles. The summed E-state index contributed by atoms with van der Waals surface area (Å²) in [5, 5.41) is 3.06. The molecule has 0 aliphatic heterocycles. The molecule has 2 atom stereocenters. The third kappa shape index (κ3) is 6.93. The van der Waals surface area contributed by atoms with Crippen molar-refractivity contribution in [3.63, 3.8) is 0 Å². The van der Waals surface area contributed by atoms with Crippen molar-refractivity contribution >= 4 is 33.5 Å². The molecule has 0 aliphatic rings. The van der Waals surface area contributed by atoms with Crippen LogP contribution in [0, 0.1) is 5.92 Å². The Kier molecular flexibility index (Phi) is 8.52. The number of esters is 1. The summed E-state index contributed by atoms with van der Waals surface area (Å²) in [5.41, 5.74) is 0. The molecule has 0 fully saturated rings. The number of hydrogen-bond acceptors (Lipinski definition) is 5. The van der Waals surface area contributed by atoms with Gasteiger partial charge in [0, 0.05) is 11.1 Å². The van der Waals surface area contributed by atoms with E-state index in [9.17, 15) is 18.0 Å². The topological polar surface area (TPSA) is 102 Å². The predicted octanol–water partition coefficient (Wildman–Crippen LogP) is 2.10. The van der Waals surface area contributed by atoms with Crippen LogP contribution in [0.4, 0.5) is 0 Å². The van der Waals surface area contributed by atoms with Crippen LogP contribution in [-0.4, -0.2) is 39.0 Å². The van der Waals surface area contributed by atoms with Gasteiger partial charge in [-0.05, 0) is 43.5 Å². The van der Waals surface area contributed by atoms with Gasteiger partial charge in [0.05, 0.1) is 4.90 Å². The van der Waals surface area contributed by atoms with Crippen LogP contribution in [0.2, 0.25) is 5.02 Å². The quantitative estimate of drug-likeness (QED) is 0.613. The fourth-order valence-electron chi connectivity index (χ4n) is 1.95. The van der Waals surface area contributed by atoms with E-state index in [1.54, 1.807) is 13.8 Å². The van der Waals surface area contributed by atoms with Crippen molar-refractivity contribution in [1.29, 1.82) is 0 Å². The first-order valence-corrected chi connectivity index (χ1v) is 10.2. The van der Waals surface area contributed by atoms with E-state index in [4.69, 9.17) is 16.3 Å².